The third-order valence-corrected chi connectivity index (χ3v) is 2.46. The molecule has 0 saturated carbocycles. The van der Waals surface area contributed by atoms with E-state index in [1.165, 1.54) is 4.68 Å². The molecule has 1 heterocycles. The van der Waals surface area contributed by atoms with Crippen molar-refractivity contribution in [2.24, 2.45) is 5.73 Å². The lowest BCUT2D eigenvalue weighted by atomic mass is 9.95. The van der Waals surface area contributed by atoms with Crippen LogP contribution >= 0.6 is 0 Å². The third-order valence-electron chi connectivity index (χ3n) is 2.46. The van der Waals surface area contributed by atoms with E-state index in [2.05, 4.69) is 10.1 Å². The summed E-state index contributed by atoms with van der Waals surface area (Å²) < 4.78 is 39.3. The lowest BCUT2D eigenvalue weighted by Gasteiger charge is -2.26. The first kappa shape index (κ1) is 14.4. The molecule has 0 bridgehead atoms. The number of aryl methyl sites for hydroxylation is 1. The summed E-state index contributed by atoms with van der Waals surface area (Å²) in [6.07, 6.45) is -4.32. The first-order chi connectivity index (χ1) is 8.22. The summed E-state index contributed by atoms with van der Waals surface area (Å²) in [7, 11) is 0. The number of carbonyl (C=O) groups is 1. The Labute approximate surface area is 101 Å². The first-order valence-corrected chi connectivity index (χ1v) is 5.18. The van der Waals surface area contributed by atoms with Gasteiger partial charge in [-0.1, -0.05) is 6.92 Å². The molecule has 0 amide bonds. The number of hydrogen-bond acceptors (Lipinski definition) is 4. The topological polar surface area (TPSA) is 94.0 Å². The van der Waals surface area contributed by atoms with Gasteiger partial charge in [-0.2, -0.15) is 18.3 Å². The zero-order chi connectivity index (χ0) is 14.0. The summed E-state index contributed by atoms with van der Waals surface area (Å²) in [6, 6.07) is 0. The van der Waals surface area contributed by atoms with E-state index in [0.717, 1.165) is 6.33 Å². The van der Waals surface area contributed by atoms with E-state index in [1.807, 2.05) is 6.92 Å². The Kier molecular flexibility index (Phi) is 3.95. The lowest BCUT2D eigenvalue weighted by Crippen LogP contribution is -2.61. The second-order valence-corrected chi connectivity index (χ2v) is 3.85. The summed E-state index contributed by atoms with van der Waals surface area (Å²) in [5, 5.41) is 12.4. The molecule has 1 aromatic heterocycles. The zero-order valence-corrected chi connectivity index (χ0v) is 9.61. The van der Waals surface area contributed by atoms with Crippen molar-refractivity contribution in [2.45, 2.75) is 38.0 Å². The van der Waals surface area contributed by atoms with E-state index in [0.29, 0.717) is 13.0 Å². The van der Waals surface area contributed by atoms with Crippen LogP contribution in [0.2, 0.25) is 0 Å². The number of aliphatic carboxylic acids is 1. The monoisotopic (exact) mass is 266 g/mol. The molecule has 102 valence electrons. The van der Waals surface area contributed by atoms with Crippen LogP contribution in [0.4, 0.5) is 13.2 Å². The van der Waals surface area contributed by atoms with Crippen LogP contribution in [0.5, 0.6) is 0 Å². The van der Waals surface area contributed by atoms with Gasteiger partial charge in [0, 0.05) is 13.0 Å². The maximum Gasteiger partial charge on any atom is 0.417 e. The van der Waals surface area contributed by atoms with Gasteiger partial charge in [0.15, 0.2) is 0 Å². The van der Waals surface area contributed by atoms with Gasteiger partial charge in [0.1, 0.15) is 12.2 Å². The molecule has 6 nitrogen and oxygen atoms in total. The highest BCUT2D eigenvalue weighted by molar-refractivity contribution is 5.80. The highest BCUT2D eigenvalue weighted by Gasteiger charge is 2.58. The molecular weight excluding hydrogens is 253 g/mol. The van der Waals surface area contributed by atoms with Crippen LogP contribution in [0, 0.1) is 0 Å². The summed E-state index contributed by atoms with van der Waals surface area (Å²) in [6.45, 7) is 2.16. The number of rotatable bonds is 5. The summed E-state index contributed by atoms with van der Waals surface area (Å²) in [4.78, 5) is 14.4. The normalized spacial score (nSPS) is 15.4. The van der Waals surface area contributed by atoms with Crippen molar-refractivity contribution in [3.8, 4) is 0 Å². The van der Waals surface area contributed by atoms with Gasteiger partial charge >= 0.3 is 12.1 Å². The summed E-state index contributed by atoms with van der Waals surface area (Å²) in [5.41, 5.74) is 1.61. The van der Waals surface area contributed by atoms with Crippen molar-refractivity contribution in [3.63, 3.8) is 0 Å². The average molecular weight is 266 g/mol. The van der Waals surface area contributed by atoms with Gasteiger partial charge in [-0.3, -0.25) is 4.68 Å². The van der Waals surface area contributed by atoms with Crippen LogP contribution in [-0.2, 0) is 17.8 Å². The second kappa shape index (κ2) is 4.92. The quantitative estimate of drug-likeness (QED) is 0.812. The van der Waals surface area contributed by atoms with Gasteiger partial charge in [0.2, 0.25) is 5.54 Å². The number of carboxylic acid groups (broad SMARTS) is 1. The summed E-state index contributed by atoms with van der Waals surface area (Å²) in [5.74, 6) is -2.24. The Hall–Kier alpha value is -1.64. The maximum absolute atomic E-state index is 12.7. The van der Waals surface area contributed by atoms with Crippen LogP contribution in [0.3, 0.4) is 0 Å². The molecule has 0 spiro atoms. The predicted octanol–water partition coefficient (Wildman–Crippen LogP) is 0.575. The van der Waals surface area contributed by atoms with Crippen LogP contribution in [0.1, 0.15) is 19.2 Å². The molecule has 18 heavy (non-hydrogen) atoms. The van der Waals surface area contributed by atoms with E-state index in [-0.39, 0.29) is 5.82 Å². The number of alkyl halides is 3. The second-order valence-electron chi connectivity index (χ2n) is 3.85. The van der Waals surface area contributed by atoms with E-state index in [1.54, 1.807) is 0 Å². The highest BCUT2D eigenvalue weighted by atomic mass is 19.4. The molecule has 0 aliphatic carbocycles. The molecule has 1 rings (SSSR count). The van der Waals surface area contributed by atoms with Crippen LogP contribution in [0.15, 0.2) is 6.33 Å². The minimum absolute atomic E-state index is 0.0981. The standard InChI is InChI=1S/C9H13F3N4O2/c1-2-3-16-6(14-5-15-16)4-8(13,7(17)18)9(10,11)12/h5H,2-4,13H2,1H3,(H,17,18). The van der Waals surface area contributed by atoms with E-state index >= 15 is 0 Å². The number of halogens is 3. The minimum atomic E-state index is -5.07. The van der Waals surface area contributed by atoms with Crippen molar-refractivity contribution in [2.75, 3.05) is 0 Å². The van der Waals surface area contributed by atoms with Crippen molar-refractivity contribution in [1.82, 2.24) is 14.8 Å². The van der Waals surface area contributed by atoms with Crippen LogP contribution in [-0.4, -0.2) is 37.6 Å². The molecule has 0 aliphatic rings. The minimum Gasteiger partial charge on any atom is -0.480 e. The van der Waals surface area contributed by atoms with Gasteiger partial charge < -0.3 is 10.8 Å². The van der Waals surface area contributed by atoms with E-state index in [4.69, 9.17) is 10.8 Å². The fourth-order valence-corrected chi connectivity index (χ4v) is 1.37. The van der Waals surface area contributed by atoms with E-state index in [9.17, 15) is 18.0 Å². The summed E-state index contributed by atoms with van der Waals surface area (Å²) >= 11 is 0. The van der Waals surface area contributed by atoms with Crippen LogP contribution < -0.4 is 5.73 Å². The molecule has 0 fully saturated rings. The molecule has 1 aromatic rings. The Morgan fingerprint density at radius 1 is 1.56 bits per heavy atom. The number of carboxylic acids is 1. The van der Waals surface area contributed by atoms with Gasteiger partial charge in [-0.25, -0.2) is 9.78 Å². The van der Waals surface area contributed by atoms with E-state index < -0.39 is 24.1 Å². The Bertz CT molecular complexity index is 432. The largest absolute Gasteiger partial charge is 0.480 e. The van der Waals surface area contributed by atoms with Gasteiger partial charge in [0.25, 0.3) is 0 Å². The van der Waals surface area contributed by atoms with Crippen molar-refractivity contribution < 1.29 is 23.1 Å². The van der Waals surface area contributed by atoms with Gasteiger partial charge in [-0.05, 0) is 6.42 Å². The molecule has 3 N–H and O–H groups in total. The third kappa shape index (κ3) is 2.61. The Morgan fingerprint density at radius 3 is 2.61 bits per heavy atom. The predicted molar refractivity (Wildman–Crippen MR) is 54.6 cm³/mol. The highest BCUT2D eigenvalue weighted by Crippen LogP contribution is 2.31. The number of aromatic nitrogens is 3. The molecule has 0 radical (unpaired) electrons. The Balaban J connectivity index is 3.05. The molecule has 1 atom stereocenters. The maximum atomic E-state index is 12.7. The first-order valence-electron chi connectivity index (χ1n) is 5.18. The Morgan fingerprint density at radius 2 is 2.17 bits per heavy atom. The average Bonchev–Trinajstić information content (AvgIpc) is 2.64. The van der Waals surface area contributed by atoms with Gasteiger partial charge in [0.05, 0.1) is 0 Å². The number of nitrogens with two attached hydrogens (primary N) is 1. The molecule has 1 unspecified atom stereocenters. The smallest absolute Gasteiger partial charge is 0.417 e. The van der Waals surface area contributed by atoms with Crippen molar-refractivity contribution in [3.05, 3.63) is 12.2 Å². The molecule has 0 saturated heterocycles. The lowest BCUT2D eigenvalue weighted by molar-refractivity contribution is -0.202. The SMILES string of the molecule is CCCn1ncnc1CC(N)(C(=O)O)C(F)(F)F. The molecule has 9 heteroatoms. The number of nitrogens with zero attached hydrogens (tertiary/aromatic N) is 3. The zero-order valence-electron chi connectivity index (χ0n) is 9.61. The fourth-order valence-electron chi connectivity index (χ4n) is 1.37. The van der Waals surface area contributed by atoms with Gasteiger partial charge in [-0.15, -0.1) is 0 Å². The molecular formula is C9H13F3N4O2. The van der Waals surface area contributed by atoms with Crippen molar-refractivity contribution >= 4 is 5.97 Å². The number of hydrogen-bond donors (Lipinski definition) is 2. The molecule has 0 aromatic carbocycles. The fraction of sp³-hybridized carbons (Fsp3) is 0.667. The van der Waals surface area contributed by atoms with Crippen LogP contribution in [0.25, 0.3) is 0 Å². The van der Waals surface area contributed by atoms with Crippen molar-refractivity contribution in [1.29, 1.82) is 0 Å². The molecule has 0 aliphatic heterocycles.